The molecule has 0 radical (unpaired) electrons. The molecule has 102 valence electrons. The molecule has 0 aromatic rings. The molecular formula is C13H26FNOS. The zero-order valence-corrected chi connectivity index (χ0v) is 12.2. The molecule has 4 heteroatoms. The van der Waals surface area contributed by atoms with E-state index in [9.17, 15) is 9.50 Å². The Balaban J connectivity index is 2.37. The summed E-state index contributed by atoms with van der Waals surface area (Å²) in [5.74, 6) is 0.0722. The molecule has 0 heterocycles. The lowest BCUT2D eigenvalue weighted by molar-refractivity contribution is -0.0236. The summed E-state index contributed by atoms with van der Waals surface area (Å²) in [5.41, 5.74) is -1.74. The molecule has 0 amide bonds. The molecule has 1 atom stereocenters. The molecule has 2 N–H and O–H groups in total. The minimum atomic E-state index is -1.17. The minimum Gasteiger partial charge on any atom is -0.390 e. The summed E-state index contributed by atoms with van der Waals surface area (Å²) >= 11 is 1.58. The number of nitrogens with one attached hydrogen (secondary N) is 1. The Kier molecular flexibility index (Phi) is 5.29. The number of hydrogen-bond donors (Lipinski definition) is 2. The molecule has 0 bridgehead atoms. The molecule has 17 heavy (non-hydrogen) atoms. The first kappa shape index (κ1) is 15.3. The molecule has 0 aromatic heterocycles. The summed E-state index contributed by atoms with van der Waals surface area (Å²) in [4.78, 5) is 0. The van der Waals surface area contributed by atoms with Gasteiger partial charge in [-0.2, -0.15) is 0 Å². The van der Waals surface area contributed by atoms with Crippen LogP contribution in [0.5, 0.6) is 0 Å². The van der Waals surface area contributed by atoms with E-state index in [0.29, 0.717) is 24.6 Å². The molecule has 1 rings (SSSR count). The maximum Gasteiger partial charge on any atom is 0.124 e. The Morgan fingerprint density at radius 3 is 2.47 bits per heavy atom. The smallest absolute Gasteiger partial charge is 0.124 e. The third kappa shape index (κ3) is 5.14. The maximum atomic E-state index is 14.5. The van der Waals surface area contributed by atoms with Gasteiger partial charge in [0.2, 0.25) is 0 Å². The fourth-order valence-corrected chi connectivity index (χ4v) is 3.03. The highest BCUT2D eigenvalue weighted by molar-refractivity contribution is 7.97. The van der Waals surface area contributed by atoms with Crippen molar-refractivity contribution in [1.29, 1.82) is 0 Å². The number of aliphatic hydroxyl groups is 1. The van der Waals surface area contributed by atoms with Crippen molar-refractivity contribution in [1.82, 2.24) is 4.72 Å². The Morgan fingerprint density at radius 1 is 1.47 bits per heavy atom. The van der Waals surface area contributed by atoms with Crippen LogP contribution in [0.15, 0.2) is 0 Å². The monoisotopic (exact) mass is 263 g/mol. The minimum absolute atomic E-state index is 0.0722. The van der Waals surface area contributed by atoms with E-state index in [1.165, 1.54) is 0 Å². The zero-order valence-electron chi connectivity index (χ0n) is 11.4. The van der Waals surface area contributed by atoms with Gasteiger partial charge in [-0.25, -0.2) is 4.39 Å². The summed E-state index contributed by atoms with van der Waals surface area (Å²) in [6.45, 7) is 8.11. The predicted molar refractivity (Wildman–Crippen MR) is 72.8 cm³/mol. The molecule has 1 aliphatic rings. The van der Waals surface area contributed by atoms with Crippen LogP contribution in [-0.4, -0.2) is 28.2 Å². The first-order valence-electron chi connectivity index (χ1n) is 6.53. The van der Waals surface area contributed by atoms with Gasteiger partial charge in [-0.15, -0.1) is 0 Å². The van der Waals surface area contributed by atoms with E-state index in [-0.39, 0.29) is 5.92 Å². The lowest BCUT2D eigenvalue weighted by Crippen LogP contribution is -2.43. The van der Waals surface area contributed by atoms with Crippen LogP contribution >= 0.6 is 11.9 Å². The molecule has 0 saturated heterocycles. The average Bonchev–Trinajstić information content (AvgIpc) is 2.15. The van der Waals surface area contributed by atoms with Crippen molar-refractivity contribution >= 4 is 11.9 Å². The highest BCUT2D eigenvalue weighted by Gasteiger charge is 2.39. The quantitative estimate of drug-likeness (QED) is 0.746. The van der Waals surface area contributed by atoms with Crippen molar-refractivity contribution in [2.24, 2.45) is 5.92 Å². The third-order valence-corrected chi connectivity index (χ3v) is 4.43. The van der Waals surface area contributed by atoms with Crippen molar-refractivity contribution in [3.05, 3.63) is 0 Å². The van der Waals surface area contributed by atoms with Gasteiger partial charge in [-0.05, 0) is 45.4 Å². The van der Waals surface area contributed by atoms with Crippen molar-refractivity contribution in [2.75, 3.05) is 6.54 Å². The van der Waals surface area contributed by atoms with Crippen LogP contribution in [0.25, 0.3) is 0 Å². The second-order valence-electron chi connectivity index (χ2n) is 6.04. The Labute approximate surface area is 109 Å². The number of rotatable bonds is 5. The van der Waals surface area contributed by atoms with Gasteiger partial charge in [0.15, 0.2) is 0 Å². The Hall–Kier alpha value is 0.200. The van der Waals surface area contributed by atoms with E-state index >= 15 is 0 Å². The van der Waals surface area contributed by atoms with E-state index in [1.54, 1.807) is 18.9 Å². The molecule has 1 fully saturated rings. The average molecular weight is 263 g/mol. The number of hydrogen-bond acceptors (Lipinski definition) is 3. The van der Waals surface area contributed by atoms with Crippen molar-refractivity contribution < 1.29 is 9.50 Å². The summed E-state index contributed by atoms with van der Waals surface area (Å²) in [6, 6.07) is 0. The SMILES string of the molecule is CC(C)SNCC(C)(F)C1CCC(C)(O)CC1. The molecule has 0 aromatic carbocycles. The zero-order chi connectivity index (χ0) is 13.1. The van der Waals surface area contributed by atoms with E-state index in [4.69, 9.17) is 0 Å². The summed E-state index contributed by atoms with van der Waals surface area (Å²) in [5, 5.41) is 10.3. The molecule has 2 nitrogen and oxygen atoms in total. The number of alkyl halides is 1. The topological polar surface area (TPSA) is 32.3 Å². The van der Waals surface area contributed by atoms with Crippen LogP contribution in [-0.2, 0) is 0 Å². The van der Waals surface area contributed by atoms with E-state index < -0.39 is 11.3 Å². The predicted octanol–water partition coefficient (Wildman–Crippen LogP) is 3.30. The highest BCUT2D eigenvalue weighted by Crippen LogP contribution is 2.39. The molecule has 1 aliphatic carbocycles. The maximum absolute atomic E-state index is 14.5. The van der Waals surface area contributed by atoms with Crippen molar-refractivity contribution in [2.45, 2.75) is 69.9 Å². The second kappa shape index (κ2) is 5.89. The van der Waals surface area contributed by atoms with Gasteiger partial charge in [-0.1, -0.05) is 25.8 Å². The van der Waals surface area contributed by atoms with Crippen molar-refractivity contribution in [3.63, 3.8) is 0 Å². The second-order valence-corrected chi connectivity index (χ2v) is 7.50. The third-order valence-electron chi connectivity index (χ3n) is 3.65. The fraction of sp³-hybridized carbons (Fsp3) is 1.00. The van der Waals surface area contributed by atoms with Crippen LogP contribution in [0.4, 0.5) is 4.39 Å². The van der Waals surface area contributed by atoms with Crippen LogP contribution < -0.4 is 4.72 Å². The van der Waals surface area contributed by atoms with Crippen LogP contribution in [0.1, 0.15) is 53.4 Å². The molecular weight excluding hydrogens is 237 g/mol. The van der Waals surface area contributed by atoms with Gasteiger partial charge in [0.25, 0.3) is 0 Å². The van der Waals surface area contributed by atoms with Gasteiger partial charge in [0.05, 0.1) is 5.60 Å². The lowest BCUT2D eigenvalue weighted by Gasteiger charge is -2.39. The lowest BCUT2D eigenvalue weighted by atomic mass is 9.73. The van der Waals surface area contributed by atoms with Gasteiger partial charge < -0.3 is 5.11 Å². The van der Waals surface area contributed by atoms with Crippen LogP contribution in [0.2, 0.25) is 0 Å². The van der Waals surface area contributed by atoms with Crippen LogP contribution in [0.3, 0.4) is 0 Å². The largest absolute Gasteiger partial charge is 0.390 e. The first-order valence-corrected chi connectivity index (χ1v) is 7.41. The Morgan fingerprint density at radius 2 is 2.00 bits per heavy atom. The van der Waals surface area contributed by atoms with Gasteiger partial charge in [0, 0.05) is 11.8 Å². The molecule has 1 saturated carbocycles. The fourth-order valence-electron chi connectivity index (χ4n) is 2.34. The molecule has 0 spiro atoms. The summed E-state index contributed by atoms with van der Waals surface area (Å²) < 4.78 is 17.6. The van der Waals surface area contributed by atoms with Crippen LogP contribution in [0, 0.1) is 5.92 Å². The van der Waals surface area contributed by atoms with Gasteiger partial charge in [0.1, 0.15) is 5.67 Å². The highest BCUT2D eigenvalue weighted by atomic mass is 32.2. The van der Waals surface area contributed by atoms with E-state index in [2.05, 4.69) is 18.6 Å². The van der Waals surface area contributed by atoms with Crippen molar-refractivity contribution in [3.8, 4) is 0 Å². The summed E-state index contributed by atoms with van der Waals surface area (Å²) in [7, 11) is 0. The standard InChI is InChI=1S/C13H26FNOS/c1-10(2)17-15-9-13(4,14)11-5-7-12(3,16)8-6-11/h10-11,15-16H,5-9H2,1-4H3. The van der Waals surface area contributed by atoms with Gasteiger partial charge in [-0.3, -0.25) is 4.72 Å². The van der Waals surface area contributed by atoms with E-state index in [1.807, 2.05) is 6.92 Å². The van der Waals surface area contributed by atoms with Gasteiger partial charge >= 0.3 is 0 Å². The normalized spacial score (nSPS) is 33.7. The number of halogens is 1. The molecule has 1 unspecified atom stereocenters. The first-order chi connectivity index (χ1) is 7.73. The van der Waals surface area contributed by atoms with E-state index in [0.717, 1.165) is 12.8 Å². The Bertz CT molecular complexity index is 234. The molecule has 0 aliphatic heterocycles. The summed E-state index contributed by atoms with van der Waals surface area (Å²) in [6.07, 6.45) is 3.01.